The van der Waals surface area contributed by atoms with Crippen molar-refractivity contribution in [3.8, 4) is 5.69 Å². The first-order valence-electron chi connectivity index (χ1n) is 10.8. The largest absolute Gasteiger partial charge is 0.420 e. The van der Waals surface area contributed by atoms with Crippen LogP contribution in [-0.4, -0.2) is 63.0 Å². The molecule has 1 aromatic heterocycles. The molecule has 0 radical (unpaired) electrons. The van der Waals surface area contributed by atoms with Gasteiger partial charge in [0.15, 0.2) is 5.60 Å². The third kappa shape index (κ3) is 6.15. The number of hydrogen-bond acceptors (Lipinski definition) is 5. The summed E-state index contributed by atoms with van der Waals surface area (Å²) in [6.45, 7) is -1.47. The van der Waals surface area contributed by atoms with Crippen LogP contribution in [0, 0.1) is 5.82 Å². The summed E-state index contributed by atoms with van der Waals surface area (Å²) in [6.07, 6.45) is -4.27. The summed E-state index contributed by atoms with van der Waals surface area (Å²) in [4.78, 5) is 26.3. The van der Waals surface area contributed by atoms with Crippen LogP contribution in [0.25, 0.3) is 5.69 Å². The molecule has 2 aromatic carbocycles. The van der Waals surface area contributed by atoms with E-state index in [1.54, 1.807) is 0 Å². The molecule has 1 atom stereocenters. The van der Waals surface area contributed by atoms with E-state index in [1.165, 1.54) is 31.2 Å². The van der Waals surface area contributed by atoms with Crippen molar-refractivity contribution in [2.24, 2.45) is 0 Å². The average Bonchev–Trinajstić information content (AvgIpc) is 3.21. The zero-order valence-electron chi connectivity index (χ0n) is 19.5. The van der Waals surface area contributed by atoms with Crippen LogP contribution in [0.1, 0.15) is 27.6 Å². The number of halogens is 7. The Morgan fingerprint density at radius 1 is 1.13 bits per heavy atom. The summed E-state index contributed by atoms with van der Waals surface area (Å²) in [6, 6.07) is 7.32. The van der Waals surface area contributed by atoms with Gasteiger partial charge in [0.05, 0.1) is 40.6 Å². The molecule has 0 saturated heterocycles. The van der Waals surface area contributed by atoms with Crippen molar-refractivity contribution in [2.45, 2.75) is 18.7 Å². The van der Waals surface area contributed by atoms with Gasteiger partial charge in [0.2, 0.25) is 0 Å². The summed E-state index contributed by atoms with van der Waals surface area (Å²) < 4.78 is 56.2. The first-order chi connectivity index (χ1) is 17.7. The predicted octanol–water partition coefficient (Wildman–Crippen LogP) is 4.74. The van der Waals surface area contributed by atoms with Crippen LogP contribution in [0.3, 0.4) is 0 Å². The van der Waals surface area contributed by atoms with E-state index in [0.29, 0.717) is 10.6 Å². The lowest BCUT2D eigenvalue weighted by atomic mass is 10.0. The maximum atomic E-state index is 14.0. The van der Waals surface area contributed by atoms with Gasteiger partial charge in [0.1, 0.15) is 17.2 Å². The minimum atomic E-state index is -5.27. The van der Waals surface area contributed by atoms with Crippen LogP contribution in [0.15, 0.2) is 42.6 Å². The van der Waals surface area contributed by atoms with Gasteiger partial charge in [-0.25, -0.2) is 9.07 Å². The number of anilines is 1. The second-order valence-electron chi connectivity index (χ2n) is 8.11. The average molecular weight is 597 g/mol. The van der Waals surface area contributed by atoms with E-state index in [1.807, 2.05) is 5.32 Å². The minimum absolute atomic E-state index is 0.108. The van der Waals surface area contributed by atoms with Crippen LogP contribution in [-0.2, 0) is 0 Å². The number of nitrogens with two attached hydrogens (primary N) is 1. The lowest BCUT2D eigenvalue weighted by Gasteiger charge is -2.35. The molecular formula is C23H20Cl3F4N5O3. The normalized spacial score (nSPS) is 13.2. The van der Waals surface area contributed by atoms with Crippen molar-refractivity contribution in [3.05, 3.63) is 74.6 Å². The van der Waals surface area contributed by atoms with E-state index in [4.69, 9.17) is 40.5 Å². The van der Waals surface area contributed by atoms with Gasteiger partial charge in [0, 0.05) is 11.6 Å². The fourth-order valence-electron chi connectivity index (χ4n) is 3.44. The van der Waals surface area contributed by atoms with Crippen LogP contribution in [0.2, 0.25) is 15.1 Å². The third-order valence-corrected chi connectivity index (χ3v) is 6.35. The summed E-state index contributed by atoms with van der Waals surface area (Å²) in [5.41, 5.74) is 2.06. The van der Waals surface area contributed by atoms with E-state index in [0.717, 1.165) is 23.0 Å². The molecule has 1 heterocycles. The van der Waals surface area contributed by atoms with Crippen LogP contribution in [0.4, 0.5) is 23.4 Å². The Kier molecular flexibility index (Phi) is 8.82. The smallest absolute Gasteiger partial charge is 0.383 e. The number of carbonyl (C=O) groups is 2. The highest BCUT2D eigenvalue weighted by molar-refractivity contribution is 6.42. The van der Waals surface area contributed by atoms with Gasteiger partial charge in [-0.2, -0.15) is 18.3 Å². The molecule has 3 aromatic rings. The third-order valence-electron chi connectivity index (χ3n) is 5.53. The highest BCUT2D eigenvalue weighted by Crippen LogP contribution is 2.34. The molecule has 0 bridgehead atoms. The number of aromatic nitrogens is 2. The summed E-state index contributed by atoms with van der Waals surface area (Å²) in [5, 5.41) is 16.2. The highest BCUT2D eigenvalue weighted by Gasteiger charge is 2.55. The number of aliphatic hydroxyl groups is 1. The Morgan fingerprint density at radius 3 is 2.24 bits per heavy atom. The predicted molar refractivity (Wildman–Crippen MR) is 134 cm³/mol. The molecule has 0 aliphatic carbocycles. The fourth-order valence-corrected chi connectivity index (χ4v) is 4.41. The Hall–Kier alpha value is -3.06. The number of nitrogens with one attached hydrogen (secondary N) is 1. The topological polar surface area (TPSA) is 113 Å². The molecule has 2 amide bonds. The summed E-state index contributed by atoms with van der Waals surface area (Å²) >= 11 is 17.9. The van der Waals surface area contributed by atoms with Crippen molar-refractivity contribution in [1.82, 2.24) is 20.0 Å². The number of hydrogen-bond donors (Lipinski definition) is 3. The molecule has 15 heteroatoms. The van der Waals surface area contributed by atoms with E-state index in [-0.39, 0.29) is 38.6 Å². The van der Waals surface area contributed by atoms with E-state index in [9.17, 15) is 32.3 Å². The van der Waals surface area contributed by atoms with Crippen molar-refractivity contribution in [3.63, 3.8) is 0 Å². The number of nitrogens with zero attached hydrogens (tertiary/aromatic N) is 3. The van der Waals surface area contributed by atoms with Gasteiger partial charge >= 0.3 is 6.18 Å². The Morgan fingerprint density at radius 2 is 1.71 bits per heavy atom. The number of amides is 2. The minimum Gasteiger partial charge on any atom is -0.383 e. The molecule has 1 unspecified atom stereocenters. The number of benzene rings is 2. The molecule has 38 heavy (non-hydrogen) atoms. The van der Waals surface area contributed by atoms with Gasteiger partial charge in [-0.3, -0.25) is 9.59 Å². The molecular weight excluding hydrogens is 577 g/mol. The van der Waals surface area contributed by atoms with E-state index < -0.39 is 42.5 Å². The quantitative estimate of drug-likeness (QED) is 0.325. The molecule has 204 valence electrons. The SMILES string of the molecule is CCN(CC(O)(CNC(=O)c1cnn(-c2ccc(F)cc2)c1N)C(F)(F)F)C(=O)c1c(Cl)cc(Cl)cc1Cl. The van der Waals surface area contributed by atoms with E-state index >= 15 is 0 Å². The van der Waals surface area contributed by atoms with Gasteiger partial charge in [-0.1, -0.05) is 34.8 Å². The maximum Gasteiger partial charge on any atom is 0.420 e. The van der Waals surface area contributed by atoms with Crippen LogP contribution in [0.5, 0.6) is 0 Å². The molecule has 0 fully saturated rings. The molecule has 0 spiro atoms. The highest BCUT2D eigenvalue weighted by atomic mass is 35.5. The van der Waals surface area contributed by atoms with Crippen LogP contribution < -0.4 is 11.1 Å². The number of alkyl halides is 3. The molecule has 0 aliphatic rings. The molecule has 3 rings (SSSR count). The number of nitrogen functional groups attached to an aromatic ring is 1. The number of likely N-dealkylation sites (N-methyl/N-ethyl adjacent to an activating group) is 1. The van der Waals surface area contributed by atoms with Crippen molar-refractivity contribution >= 4 is 52.4 Å². The molecule has 4 N–H and O–H groups in total. The zero-order chi connectivity index (χ0) is 28.4. The second-order valence-corrected chi connectivity index (χ2v) is 9.36. The van der Waals surface area contributed by atoms with Gasteiger partial charge in [-0.05, 0) is 43.3 Å². The van der Waals surface area contributed by atoms with E-state index in [2.05, 4.69) is 5.10 Å². The lowest BCUT2D eigenvalue weighted by Crippen LogP contribution is -2.60. The van der Waals surface area contributed by atoms with Crippen molar-refractivity contribution in [2.75, 3.05) is 25.4 Å². The Bertz CT molecular complexity index is 1330. The zero-order valence-corrected chi connectivity index (χ0v) is 21.8. The van der Waals surface area contributed by atoms with Crippen molar-refractivity contribution in [1.29, 1.82) is 0 Å². The van der Waals surface area contributed by atoms with Gasteiger partial charge < -0.3 is 21.1 Å². The van der Waals surface area contributed by atoms with Crippen LogP contribution >= 0.6 is 34.8 Å². The monoisotopic (exact) mass is 595 g/mol. The fraction of sp³-hybridized carbons (Fsp3) is 0.261. The first kappa shape index (κ1) is 29.5. The van der Waals surface area contributed by atoms with Gasteiger partial charge in [0.25, 0.3) is 11.8 Å². The summed E-state index contributed by atoms with van der Waals surface area (Å²) in [7, 11) is 0. The lowest BCUT2D eigenvalue weighted by molar-refractivity contribution is -0.259. The number of rotatable bonds is 8. The Labute approximate surface area is 228 Å². The number of carbonyl (C=O) groups excluding carboxylic acids is 2. The maximum absolute atomic E-state index is 14.0. The van der Waals surface area contributed by atoms with Crippen molar-refractivity contribution < 1.29 is 32.3 Å². The van der Waals surface area contributed by atoms with Gasteiger partial charge in [-0.15, -0.1) is 0 Å². The first-order valence-corrected chi connectivity index (χ1v) is 11.9. The molecule has 8 nitrogen and oxygen atoms in total. The summed E-state index contributed by atoms with van der Waals surface area (Å²) in [5.74, 6) is -2.82. The molecule has 0 saturated carbocycles. The molecule has 0 aliphatic heterocycles. The second kappa shape index (κ2) is 11.4. The Balaban J connectivity index is 1.82. The standard InChI is InChI=1S/C23H20Cl3F4N5O3/c1-2-34(21(37)18-16(25)7-12(24)8-17(18)26)11-22(38,23(28,29)30)10-32-20(36)15-9-33-35(19(15)31)14-5-3-13(27)4-6-14/h3-9,38H,2,10-11,31H2,1H3,(H,32,36).